The normalized spacial score (nSPS) is 14.9. The molecule has 0 saturated heterocycles. The van der Waals surface area contributed by atoms with Gasteiger partial charge in [-0.15, -0.1) is 0 Å². The second-order valence-electron chi connectivity index (χ2n) is 4.25. The zero-order chi connectivity index (χ0) is 14.5. The summed E-state index contributed by atoms with van der Waals surface area (Å²) in [4.78, 5) is 11.4. The van der Waals surface area contributed by atoms with Crippen molar-refractivity contribution in [1.82, 2.24) is 5.32 Å². The SMILES string of the molecule is COCCNC(C(=O)O)c1cc(Cl)c2c(c1)OCCO2. The van der Waals surface area contributed by atoms with Crippen molar-refractivity contribution in [3.8, 4) is 11.5 Å². The molecule has 1 aromatic carbocycles. The van der Waals surface area contributed by atoms with Gasteiger partial charge in [0.1, 0.15) is 19.3 Å². The average molecular weight is 302 g/mol. The first-order chi connectivity index (χ1) is 9.63. The van der Waals surface area contributed by atoms with Crippen molar-refractivity contribution in [3.63, 3.8) is 0 Å². The zero-order valence-electron chi connectivity index (χ0n) is 11.0. The van der Waals surface area contributed by atoms with Crippen molar-refractivity contribution in [1.29, 1.82) is 0 Å². The molecule has 110 valence electrons. The second kappa shape index (κ2) is 6.78. The number of nitrogens with one attached hydrogen (secondary N) is 1. The highest BCUT2D eigenvalue weighted by Crippen LogP contribution is 2.39. The van der Waals surface area contributed by atoms with Crippen molar-refractivity contribution >= 4 is 17.6 Å². The molecule has 2 rings (SSSR count). The molecule has 20 heavy (non-hydrogen) atoms. The van der Waals surface area contributed by atoms with E-state index in [2.05, 4.69) is 5.32 Å². The highest BCUT2D eigenvalue weighted by Gasteiger charge is 2.24. The Morgan fingerprint density at radius 2 is 2.25 bits per heavy atom. The Bertz CT molecular complexity index is 494. The van der Waals surface area contributed by atoms with Crippen molar-refractivity contribution in [3.05, 3.63) is 22.7 Å². The molecule has 0 spiro atoms. The van der Waals surface area contributed by atoms with Crippen LogP contribution in [0.5, 0.6) is 11.5 Å². The van der Waals surface area contributed by atoms with Crippen LogP contribution in [0.1, 0.15) is 11.6 Å². The van der Waals surface area contributed by atoms with E-state index in [1.807, 2.05) is 0 Å². The van der Waals surface area contributed by atoms with Gasteiger partial charge in [0.15, 0.2) is 11.5 Å². The summed E-state index contributed by atoms with van der Waals surface area (Å²) >= 11 is 6.11. The number of methoxy groups -OCH3 is 1. The number of aliphatic carboxylic acids is 1. The lowest BCUT2D eigenvalue weighted by Crippen LogP contribution is -2.31. The summed E-state index contributed by atoms with van der Waals surface area (Å²) in [6, 6.07) is 2.34. The number of fused-ring (bicyclic) bond motifs is 1. The van der Waals surface area contributed by atoms with Crippen LogP contribution < -0.4 is 14.8 Å². The predicted molar refractivity (Wildman–Crippen MR) is 72.7 cm³/mol. The highest BCUT2D eigenvalue weighted by molar-refractivity contribution is 6.32. The Hall–Kier alpha value is -1.50. The van der Waals surface area contributed by atoms with E-state index in [1.54, 1.807) is 19.2 Å². The third-order valence-corrected chi connectivity index (χ3v) is 3.13. The molecule has 0 aliphatic carbocycles. The Labute approximate surface area is 121 Å². The maximum Gasteiger partial charge on any atom is 0.325 e. The van der Waals surface area contributed by atoms with E-state index in [1.165, 1.54) is 0 Å². The van der Waals surface area contributed by atoms with Crippen LogP contribution >= 0.6 is 11.6 Å². The highest BCUT2D eigenvalue weighted by atomic mass is 35.5. The van der Waals surface area contributed by atoms with Gasteiger partial charge in [0.25, 0.3) is 0 Å². The quantitative estimate of drug-likeness (QED) is 0.775. The third kappa shape index (κ3) is 3.33. The maximum absolute atomic E-state index is 11.4. The van der Waals surface area contributed by atoms with Gasteiger partial charge in [-0.25, -0.2) is 0 Å². The summed E-state index contributed by atoms with van der Waals surface area (Å²) in [6.45, 7) is 1.68. The fourth-order valence-corrected chi connectivity index (χ4v) is 2.22. The van der Waals surface area contributed by atoms with Gasteiger partial charge in [0, 0.05) is 13.7 Å². The molecule has 1 atom stereocenters. The van der Waals surface area contributed by atoms with Gasteiger partial charge in [0.05, 0.1) is 11.6 Å². The standard InChI is InChI=1S/C13H16ClNO5/c1-18-3-2-15-11(13(16)17)8-6-9(14)12-10(7-8)19-4-5-20-12/h6-7,11,15H,2-5H2,1H3,(H,16,17). The number of carboxylic acids is 1. The van der Waals surface area contributed by atoms with Crippen LogP contribution in [0.15, 0.2) is 12.1 Å². The van der Waals surface area contributed by atoms with E-state index in [-0.39, 0.29) is 0 Å². The molecule has 0 radical (unpaired) electrons. The van der Waals surface area contributed by atoms with Gasteiger partial charge < -0.3 is 19.3 Å². The molecule has 1 aromatic rings. The number of carboxylic acid groups (broad SMARTS) is 1. The molecule has 1 aliphatic heterocycles. The minimum Gasteiger partial charge on any atom is -0.486 e. The van der Waals surface area contributed by atoms with Crippen LogP contribution in [-0.4, -0.2) is 44.6 Å². The van der Waals surface area contributed by atoms with Crippen LogP contribution in [0.3, 0.4) is 0 Å². The monoisotopic (exact) mass is 301 g/mol. The van der Waals surface area contributed by atoms with Crippen LogP contribution in [0, 0.1) is 0 Å². The van der Waals surface area contributed by atoms with Crippen molar-refractivity contribution in [2.75, 3.05) is 33.5 Å². The summed E-state index contributed by atoms with van der Waals surface area (Å²) in [6.07, 6.45) is 0. The number of halogens is 1. The molecular weight excluding hydrogens is 286 g/mol. The smallest absolute Gasteiger partial charge is 0.325 e. The Kier molecular flexibility index (Phi) is 5.05. The largest absolute Gasteiger partial charge is 0.486 e. The Morgan fingerprint density at radius 3 is 2.95 bits per heavy atom. The molecule has 7 heteroatoms. The molecule has 0 aromatic heterocycles. The number of hydrogen-bond donors (Lipinski definition) is 2. The van der Waals surface area contributed by atoms with Crippen LogP contribution in [-0.2, 0) is 9.53 Å². The van der Waals surface area contributed by atoms with Crippen LogP contribution in [0.4, 0.5) is 0 Å². The van der Waals surface area contributed by atoms with Gasteiger partial charge in [0.2, 0.25) is 0 Å². The molecule has 6 nitrogen and oxygen atoms in total. The summed E-state index contributed by atoms with van der Waals surface area (Å²) in [5, 5.41) is 12.5. The molecular formula is C13H16ClNO5. The van der Waals surface area contributed by atoms with Gasteiger partial charge >= 0.3 is 5.97 Å². The van der Waals surface area contributed by atoms with Crippen LogP contribution in [0.25, 0.3) is 0 Å². The Balaban J connectivity index is 2.24. The lowest BCUT2D eigenvalue weighted by Gasteiger charge is -2.22. The van der Waals surface area contributed by atoms with E-state index in [4.69, 9.17) is 25.8 Å². The summed E-state index contributed by atoms with van der Waals surface area (Å²) in [7, 11) is 1.55. The van der Waals surface area contributed by atoms with Gasteiger partial charge in [-0.1, -0.05) is 11.6 Å². The molecule has 2 N–H and O–H groups in total. The number of hydrogen-bond acceptors (Lipinski definition) is 5. The van der Waals surface area contributed by atoms with E-state index in [0.717, 1.165) is 0 Å². The topological polar surface area (TPSA) is 77.0 Å². The minimum atomic E-state index is -0.992. The first kappa shape index (κ1) is 14.9. The third-order valence-electron chi connectivity index (χ3n) is 2.85. The lowest BCUT2D eigenvalue weighted by molar-refractivity contribution is -0.139. The van der Waals surface area contributed by atoms with Gasteiger partial charge in [-0.3, -0.25) is 10.1 Å². The van der Waals surface area contributed by atoms with Crippen molar-refractivity contribution in [2.45, 2.75) is 6.04 Å². The fourth-order valence-electron chi connectivity index (χ4n) is 1.95. The van der Waals surface area contributed by atoms with Gasteiger partial charge in [-0.2, -0.15) is 0 Å². The molecule has 0 fully saturated rings. The first-order valence-electron chi connectivity index (χ1n) is 6.17. The number of rotatable bonds is 6. The van der Waals surface area contributed by atoms with Crippen molar-refractivity contribution in [2.24, 2.45) is 0 Å². The molecule has 1 unspecified atom stereocenters. The molecule has 0 saturated carbocycles. The van der Waals surface area contributed by atoms with Crippen LogP contribution in [0.2, 0.25) is 5.02 Å². The Morgan fingerprint density at radius 1 is 1.50 bits per heavy atom. The summed E-state index contributed by atoms with van der Waals surface area (Å²) < 4.78 is 15.7. The average Bonchev–Trinajstić information content (AvgIpc) is 2.43. The minimum absolute atomic E-state index is 0.344. The number of carbonyl (C=O) groups is 1. The van der Waals surface area contributed by atoms with Gasteiger partial charge in [-0.05, 0) is 17.7 Å². The summed E-state index contributed by atoms with van der Waals surface area (Å²) in [5.74, 6) is -0.0601. The number of benzene rings is 1. The maximum atomic E-state index is 11.4. The van der Waals surface area contributed by atoms with E-state index < -0.39 is 12.0 Å². The second-order valence-corrected chi connectivity index (χ2v) is 4.65. The van der Waals surface area contributed by atoms with Crippen molar-refractivity contribution < 1.29 is 24.1 Å². The predicted octanol–water partition coefficient (Wildman–Crippen LogP) is 1.47. The zero-order valence-corrected chi connectivity index (χ0v) is 11.8. The number of ether oxygens (including phenoxy) is 3. The first-order valence-corrected chi connectivity index (χ1v) is 6.55. The fraction of sp³-hybridized carbons (Fsp3) is 0.462. The molecule has 0 bridgehead atoms. The molecule has 1 heterocycles. The van der Waals surface area contributed by atoms with E-state index in [0.29, 0.717) is 48.5 Å². The molecule has 0 amide bonds. The van der Waals surface area contributed by atoms with E-state index >= 15 is 0 Å². The van der Waals surface area contributed by atoms with E-state index in [9.17, 15) is 9.90 Å². The lowest BCUT2D eigenvalue weighted by atomic mass is 10.1. The summed E-state index contributed by atoms with van der Waals surface area (Å²) in [5.41, 5.74) is 0.517. The molecule has 1 aliphatic rings.